The number of anilines is 1. The molecular formula is C25H35N3O3. The first kappa shape index (κ1) is 20.7. The molecule has 1 aliphatic heterocycles. The molecule has 0 unspecified atom stereocenters. The van der Waals surface area contributed by atoms with Crippen LogP contribution in [0.4, 0.5) is 5.69 Å². The van der Waals surface area contributed by atoms with Crippen LogP contribution in [0.2, 0.25) is 0 Å². The van der Waals surface area contributed by atoms with Gasteiger partial charge in [-0.25, -0.2) is 0 Å². The summed E-state index contributed by atoms with van der Waals surface area (Å²) in [7, 11) is 1.67. The second-order valence-electron chi connectivity index (χ2n) is 10.3. The highest BCUT2D eigenvalue weighted by Crippen LogP contribution is 2.60. The van der Waals surface area contributed by atoms with E-state index in [-0.39, 0.29) is 17.2 Å². The van der Waals surface area contributed by atoms with Crippen LogP contribution >= 0.6 is 0 Å². The van der Waals surface area contributed by atoms with Crippen molar-refractivity contribution in [3.8, 4) is 5.75 Å². The highest BCUT2D eigenvalue weighted by Gasteiger charge is 2.54. The van der Waals surface area contributed by atoms with Gasteiger partial charge >= 0.3 is 0 Å². The van der Waals surface area contributed by atoms with Gasteiger partial charge in [0, 0.05) is 50.2 Å². The molecule has 2 amide bonds. The van der Waals surface area contributed by atoms with E-state index in [2.05, 4.69) is 22.3 Å². The van der Waals surface area contributed by atoms with E-state index in [0.29, 0.717) is 13.0 Å². The Hall–Kier alpha value is -2.24. The van der Waals surface area contributed by atoms with E-state index in [1.54, 1.807) is 7.11 Å². The molecule has 1 N–H and O–H groups in total. The Labute approximate surface area is 185 Å². The van der Waals surface area contributed by atoms with Crippen molar-refractivity contribution in [2.75, 3.05) is 44.7 Å². The first-order valence-corrected chi connectivity index (χ1v) is 12.0. The average molecular weight is 426 g/mol. The van der Waals surface area contributed by atoms with Crippen molar-refractivity contribution in [2.24, 2.45) is 23.2 Å². The highest BCUT2D eigenvalue weighted by atomic mass is 16.5. The SMILES string of the molecule is COc1ccc(N2CCN(C(=O)CCNC(=O)C34CC5CC(CC(C5)C3)C4)CC2)cc1. The molecule has 168 valence electrons. The molecule has 0 aromatic heterocycles. The Balaban J connectivity index is 1.07. The summed E-state index contributed by atoms with van der Waals surface area (Å²) in [6.45, 7) is 3.59. The highest BCUT2D eigenvalue weighted by molar-refractivity contribution is 5.84. The molecule has 4 aliphatic carbocycles. The van der Waals surface area contributed by atoms with Gasteiger partial charge < -0.3 is 19.9 Å². The molecule has 0 atom stereocenters. The van der Waals surface area contributed by atoms with Crippen molar-refractivity contribution in [2.45, 2.75) is 44.9 Å². The summed E-state index contributed by atoms with van der Waals surface area (Å²) in [6, 6.07) is 8.07. The van der Waals surface area contributed by atoms with Gasteiger partial charge in [-0.3, -0.25) is 9.59 Å². The minimum absolute atomic E-state index is 0.123. The van der Waals surface area contributed by atoms with E-state index >= 15 is 0 Å². The summed E-state index contributed by atoms with van der Waals surface area (Å²) in [4.78, 5) is 30.0. The Kier molecular flexibility index (Phi) is 5.57. The lowest BCUT2D eigenvalue weighted by atomic mass is 9.49. The lowest BCUT2D eigenvalue weighted by Gasteiger charge is -2.55. The molecular weight excluding hydrogens is 390 g/mol. The van der Waals surface area contributed by atoms with Crippen LogP contribution in [0, 0.1) is 23.2 Å². The van der Waals surface area contributed by atoms with E-state index < -0.39 is 0 Å². The number of carbonyl (C=O) groups is 2. The number of benzene rings is 1. The molecule has 4 bridgehead atoms. The lowest BCUT2D eigenvalue weighted by Crippen LogP contribution is -2.54. The third-order valence-electron chi connectivity index (χ3n) is 8.21. The van der Waals surface area contributed by atoms with Gasteiger partial charge in [0.05, 0.1) is 7.11 Å². The molecule has 6 heteroatoms. The summed E-state index contributed by atoms with van der Waals surface area (Å²) in [5.74, 6) is 3.53. The number of rotatable bonds is 6. The Morgan fingerprint density at radius 1 is 0.968 bits per heavy atom. The molecule has 1 aromatic rings. The third kappa shape index (κ3) is 4.13. The van der Waals surface area contributed by atoms with Gasteiger partial charge in [0.25, 0.3) is 0 Å². The van der Waals surface area contributed by atoms with E-state index in [0.717, 1.165) is 74.6 Å². The first-order chi connectivity index (χ1) is 15.0. The largest absolute Gasteiger partial charge is 0.497 e. The number of nitrogens with zero attached hydrogens (tertiary/aromatic N) is 2. The average Bonchev–Trinajstić information content (AvgIpc) is 2.78. The van der Waals surface area contributed by atoms with Crippen LogP contribution in [-0.2, 0) is 9.59 Å². The number of carbonyl (C=O) groups excluding carboxylic acids is 2. The molecule has 6 nitrogen and oxygen atoms in total. The number of hydrogen-bond donors (Lipinski definition) is 1. The summed E-state index contributed by atoms with van der Waals surface area (Å²) >= 11 is 0. The second kappa shape index (κ2) is 8.36. The van der Waals surface area contributed by atoms with E-state index in [4.69, 9.17) is 4.74 Å². The number of nitrogens with one attached hydrogen (secondary N) is 1. The van der Waals surface area contributed by atoms with Crippen molar-refractivity contribution in [1.29, 1.82) is 0 Å². The van der Waals surface area contributed by atoms with Gasteiger partial charge in [-0.05, 0) is 80.5 Å². The molecule has 31 heavy (non-hydrogen) atoms. The van der Waals surface area contributed by atoms with Crippen LogP contribution < -0.4 is 15.0 Å². The van der Waals surface area contributed by atoms with Crippen molar-refractivity contribution >= 4 is 17.5 Å². The molecule has 0 spiro atoms. The quantitative estimate of drug-likeness (QED) is 0.761. The maximum Gasteiger partial charge on any atom is 0.226 e. The van der Waals surface area contributed by atoms with E-state index in [1.165, 1.54) is 19.3 Å². The Bertz CT molecular complexity index is 779. The fourth-order valence-electron chi connectivity index (χ4n) is 7.02. The van der Waals surface area contributed by atoms with Crippen molar-refractivity contribution in [3.63, 3.8) is 0 Å². The minimum Gasteiger partial charge on any atom is -0.497 e. The van der Waals surface area contributed by atoms with Crippen LogP contribution in [0.15, 0.2) is 24.3 Å². The fraction of sp³-hybridized carbons (Fsp3) is 0.680. The van der Waals surface area contributed by atoms with Crippen LogP contribution in [0.1, 0.15) is 44.9 Å². The topological polar surface area (TPSA) is 61.9 Å². The molecule has 1 aromatic carbocycles. The molecule has 6 rings (SSSR count). The summed E-state index contributed by atoms with van der Waals surface area (Å²) < 4.78 is 5.23. The van der Waals surface area contributed by atoms with Crippen LogP contribution in [-0.4, -0.2) is 56.5 Å². The van der Waals surface area contributed by atoms with Gasteiger partial charge in [-0.15, -0.1) is 0 Å². The molecule has 1 heterocycles. The summed E-state index contributed by atoms with van der Waals surface area (Å²) in [5.41, 5.74) is 1.04. The van der Waals surface area contributed by atoms with Crippen molar-refractivity contribution in [1.82, 2.24) is 10.2 Å². The predicted molar refractivity (Wildman–Crippen MR) is 120 cm³/mol. The second-order valence-corrected chi connectivity index (χ2v) is 10.3. The maximum atomic E-state index is 13.0. The molecule has 1 saturated heterocycles. The molecule has 5 fully saturated rings. The van der Waals surface area contributed by atoms with Crippen molar-refractivity contribution in [3.05, 3.63) is 24.3 Å². The van der Waals surface area contributed by atoms with Crippen molar-refractivity contribution < 1.29 is 14.3 Å². The van der Waals surface area contributed by atoms with E-state index in [1.807, 2.05) is 17.0 Å². The fourth-order valence-corrected chi connectivity index (χ4v) is 7.02. The Morgan fingerprint density at radius 2 is 1.55 bits per heavy atom. The molecule has 0 radical (unpaired) electrons. The van der Waals surface area contributed by atoms with Gasteiger partial charge in [0.2, 0.25) is 11.8 Å². The molecule has 5 aliphatic rings. The normalized spacial score (nSPS) is 31.6. The monoisotopic (exact) mass is 425 g/mol. The zero-order valence-electron chi connectivity index (χ0n) is 18.6. The van der Waals surface area contributed by atoms with E-state index in [9.17, 15) is 9.59 Å². The smallest absolute Gasteiger partial charge is 0.226 e. The van der Waals surface area contributed by atoms with Gasteiger partial charge in [-0.1, -0.05) is 0 Å². The number of amides is 2. The number of piperazine rings is 1. The van der Waals surface area contributed by atoms with Gasteiger partial charge in [0.15, 0.2) is 0 Å². The molecule has 4 saturated carbocycles. The predicted octanol–water partition coefficient (Wildman–Crippen LogP) is 3.07. The lowest BCUT2D eigenvalue weighted by molar-refractivity contribution is -0.146. The van der Waals surface area contributed by atoms with Crippen LogP contribution in [0.25, 0.3) is 0 Å². The standard InChI is InChI=1S/C25H35N3O3/c1-31-22-4-2-21(3-5-22)27-8-10-28(11-9-27)23(29)6-7-26-24(30)25-15-18-12-19(16-25)14-20(13-18)17-25/h2-5,18-20H,6-17H2,1H3,(H,26,30). The number of hydrogen-bond acceptors (Lipinski definition) is 4. The summed E-state index contributed by atoms with van der Waals surface area (Å²) in [6.07, 6.45) is 7.65. The first-order valence-electron chi connectivity index (χ1n) is 12.0. The number of methoxy groups -OCH3 is 1. The van der Waals surface area contributed by atoms with Crippen LogP contribution in [0.3, 0.4) is 0 Å². The van der Waals surface area contributed by atoms with Crippen LogP contribution in [0.5, 0.6) is 5.75 Å². The minimum atomic E-state index is -0.123. The zero-order chi connectivity index (χ0) is 21.4. The van der Waals surface area contributed by atoms with Gasteiger partial charge in [-0.2, -0.15) is 0 Å². The summed E-state index contributed by atoms with van der Waals surface area (Å²) in [5, 5.41) is 3.15. The zero-order valence-corrected chi connectivity index (χ0v) is 18.6. The Morgan fingerprint density at radius 3 is 2.10 bits per heavy atom. The number of ether oxygens (including phenoxy) is 1. The maximum absolute atomic E-state index is 13.0. The third-order valence-corrected chi connectivity index (χ3v) is 8.21. The van der Waals surface area contributed by atoms with Gasteiger partial charge in [0.1, 0.15) is 5.75 Å².